The Morgan fingerprint density at radius 3 is 2.22 bits per heavy atom. The second-order valence-corrected chi connectivity index (χ2v) is 4.40. The average Bonchev–Trinajstić information content (AvgIpc) is 2.48. The van der Waals surface area contributed by atoms with Crippen LogP contribution in [-0.4, -0.2) is 6.61 Å². The summed E-state index contributed by atoms with van der Waals surface area (Å²) in [7, 11) is 0. The van der Waals surface area contributed by atoms with Crippen LogP contribution in [0.3, 0.4) is 0 Å². The number of nitrogens with one attached hydrogen (secondary N) is 1. The van der Waals surface area contributed by atoms with Crippen molar-refractivity contribution < 1.29 is 26.7 Å². The van der Waals surface area contributed by atoms with Crippen molar-refractivity contribution in [2.24, 2.45) is 0 Å². The van der Waals surface area contributed by atoms with E-state index >= 15 is 0 Å². The summed E-state index contributed by atoms with van der Waals surface area (Å²) in [6.45, 7) is -3.02. The van der Waals surface area contributed by atoms with Gasteiger partial charge in [-0.25, -0.2) is 0 Å². The van der Waals surface area contributed by atoms with E-state index in [1.807, 2.05) is 0 Å². The van der Waals surface area contributed by atoms with Gasteiger partial charge >= 0.3 is 12.8 Å². The van der Waals surface area contributed by atoms with E-state index in [-0.39, 0.29) is 17.0 Å². The molecule has 3 nitrogen and oxygen atoms in total. The lowest BCUT2D eigenvalue weighted by atomic mass is 10.1. The van der Waals surface area contributed by atoms with Crippen LogP contribution in [0.15, 0.2) is 42.5 Å². The van der Waals surface area contributed by atoms with E-state index in [0.717, 1.165) is 18.2 Å². The Morgan fingerprint density at radius 1 is 1.04 bits per heavy atom. The minimum absolute atomic E-state index is 0.0167. The van der Waals surface area contributed by atoms with E-state index in [1.165, 1.54) is 24.3 Å². The fourth-order valence-electron chi connectivity index (χ4n) is 1.80. The number of nitriles is 1. The summed E-state index contributed by atoms with van der Waals surface area (Å²) in [5.74, 6) is -0.186. The molecule has 0 fully saturated rings. The summed E-state index contributed by atoms with van der Waals surface area (Å²) in [5.41, 5.74) is -0.210. The quantitative estimate of drug-likeness (QED) is 0.810. The van der Waals surface area contributed by atoms with E-state index in [9.17, 15) is 22.0 Å². The molecule has 0 aliphatic rings. The molecule has 0 aliphatic carbocycles. The molecule has 0 saturated carbocycles. The number of nitrogens with zero attached hydrogens (tertiary/aromatic N) is 1. The standard InChI is InChI=1S/C15H9F5N2O/c16-14(17)23-12-5-6-13(9(7-12)8-21)22-11-3-1-10(2-4-11)15(18,19)20/h1-7,14,22H. The van der Waals surface area contributed by atoms with Crippen molar-refractivity contribution in [3.8, 4) is 11.8 Å². The zero-order valence-corrected chi connectivity index (χ0v) is 11.4. The van der Waals surface area contributed by atoms with Crippen LogP contribution in [-0.2, 0) is 6.18 Å². The predicted molar refractivity (Wildman–Crippen MR) is 72.5 cm³/mol. The first-order valence-electron chi connectivity index (χ1n) is 6.23. The Kier molecular flexibility index (Phi) is 4.69. The van der Waals surface area contributed by atoms with Gasteiger partial charge in [-0.3, -0.25) is 0 Å². The molecule has 2 aromatic rings. The topological polar surface area (TPSA) is 45.0 Å². The Hall–Kier alpha value is -2.82. The number of anilines is 2. The molecule has 2 aromatic carbocycles. The molecule has 120 valence electrons. The van der Waals surface area contributed by atoms with E-state index < -0.39 is 18.4 Å². The minimum atomic E-state index is -4.44. The highest BCUT2D eigenvalue weighted by atomic mass is 19.4. The summed E-state index contributed by atoms with van der Waals surface area (Å²) in [6, 6.07) is 9.64. The molecule has 0 spiro atoms. The van der Waals surface area contributed by atoms with Crippen LogP contribution in [0.25, 0.3) is 0 Å². The van der Waals surface area contributed by atoms with E-state index in [4.69, 9.17) is 5.26 Å². The summed E-state index contributed by atoms with van der Waals surface area (Å²) in [5, 5.41) is 11.8. The molecule has 8 heteroatoms. The maximum atomic E-state index is 12.5. The van der Waals surface area contributed by atoms with Gasteiger partial charge in [0, 0.05) is 11.8 Å². The molecule has 0 unspecified atom stereocenters. The average molecular weight is 328 g/mol. The second kappa shape index (κ2) is 6.52. The van der Waals surface area contributed by atoms with Crippen LogP contribution >= 0.6 is 0 Å². The van der Waals surface area contributed by atoms with Gasteiger partial charge in [-0.2, -0.15) is 27.2 Å². The molecule has 23 heavy (non-hydrogen) atoms. The minimum Gasteiger partial charge on any atom is -0.435 e. The molecule has 0 aliphatic heterocycles. The molecular weight excluding hydrogens is 319 g/mol. The van der Waals surface area contributed by atoms with Gasteiger partial charge < -0.3 is 10.1 Å². The molecule has 2 rings (SSSR count). The SMILES string of the molecule is N#Cc1cc(OC(F)F)ccc1Nc1ccc(C(F)(F)F)cc1. The highest BCUT2D eigenvalue weighted by molar-refractivity contribution is 5.67. The number of alkyl halides is 5. The molecule has 0 saturated heterocycles. The number of benzene rings is 2. The van der Waals surface area contributed by atoms with Crippen molar-refractivity contribution in [2.45, 2.75) is 12.8 Å². The van der Waals surface area contributed by atoms with Gasteiger partial charge in [-0.1, -0.05) is 0 Å². The van der Waals surface area contributed by atoms with Crippen molar-refractivity contribution in [1.82, 2.24) is 0 Å². The summed E-state index contributed by atoms with van der Waals surface area (Å²) in [4.78, 5) is 0. The van der Waals surface area contributed by atoms with Gasteiger partial charge in [-0.15, -0.1) is 0 Å². The first-order chi connectivity index (χ1) is 10.8. The number of hydrogen-bond donors (Lipinski definition) is 1. The van der Waals surface area contributed by atoms with Crippen LogP contribution < -0.4 is 10.1 Å². The molecule has 0 atom stereocenters. The molecular formula is C15H9F5N2O. The number of rotatable bonds is 4. The molecule has 0 amide bonds. The van der Waals surface area contributed by atoms with Gasteiger partial charge in [0.15, 0.2) is 0 Å². The molecule has 0 radical (unpaired) electrons. The largest absolute Gasteiger partial charge is 0.435 e. The maximum Gasteiger partial charge on any atom is 0.416 e. The van der Waals surface area contributed by atoms with Crippen LogP contribution in [0.5, 0.6) is 5.75 Å². The van der Waals surface area contributed by atoms with Crippen LogP contribution in [0.2, 0.25) is 0 Å². The van der Waals surface area contributed by atoms with Crippen molar-refractivity contribution in [2.75, 3.05) is 5.32 Å². The number of halogens is 5. The van der Waals surface area contributed by atoms with Gasteiger partial charge in [-0.05, 0) is 36.4 Å². The lowest BCUT2D eigenvalue weighted by Crippen LogP contribution is -2.05. The Balaban J connectivity index is 2.21. The van der Waals surface area contributed by atoms with Crippen molar-refractivity contribution >= 4 is 11.4 Å². The lowest BCUT2D eigenvalue weighted by molar-refractivity contribution is -0.137. The number of ether oxygens (including phenoxy) is 1. The molecule has 0 heterocycles. The first-order valence-corrected chi connectivity index (χ1v) is 6.23. The fraction of sp³-hybridized carbons (Fsp3) is 0.133. The van der Waals surface area contributed by atoms with Crippen LogP contribution in [0.1, 0.15) is 11.1 Å². The van der Waals surface area contributed by atoms with Gasteiger partial charge in [0.05, 0.1) is 16.8 Å². The normalized spacial score (nSPS) is 11.2. The Morgan fingerprint density at radius 2 is 1.70 bits per heavy atom. The molecule has 0 bridgehead atoms. The second-order valence-electron chi connectivity index (χ2n) is 4.40. The van der Waals surface area contributed by atoms with Crippen molar-refractivity contribution in [3.63, 3.8) is 0 Å². The van der Waals surface area contributed by atoms with Gasteiger partial charge in [0.25, 0.3) is 0 Å². The first kappa shape index (κ1) is 16.5. The zero-order chi connectivity index (χ0) is 17.0. The number of hydrogen-bond acceptors (Lipinski definition) is 3. The Bertz CT molecular complexity index is 720. The summed E-state index contributed by atoms with van der Waals surface area (Å²) >= 11 is 0. The predicted octanol–water partition coefficient (Wildman–Crippen LogP) is 4.92. The fourth-order valence-corrected chi connectivity index (χ4v) is 1.80. The van der Waals surface area contributed by atoms with Crippen molar-refractivity contribution in [1.29, 1.82) is 5.26 Å². The molecule has 0 aromatic heterocycles. The summed E-state index contributed by atoms with van der Waals surface area (Å²) in [6.07, 6.45) is -4.44. The Labute approximate surface area is 127 Å². The van der Waals surface area contributed by atoms with Gasteiger partial charge in [0.1, 0.15) is 11.8 Å². The van der Waals surface area contributed by atoms with E-state index in [1.54, 1.807) is 6.07 Å². The van der Waals surface area contributed by atoms with Gasteiger partial charge in [0.2, 0.25) is 0 Å². The van der Waals surface area contributed by atoms with Crippen LogP contribution in [0, 0.1) is 11.3 Å². The van der Waals surface area contributed by atoms with Crippen molar-refractivity contribution in [3.05, 3.63) is 53.6 Å². The zero-order valence-electron chi connectivity index (χ0n) is 11.4. The third-order valence-corrected chi connectivity index (χ3v) is 2.83. The van der Waals surface area contributed by atoms with Crippen LogP contribution in [0.4, 0.5) is 33.3 Å². The third kappa shape index (κ3) is 4.32. The van der Waals surface area contributed by atoms with E-state index in [0.29, 0.717) is 5.69 Å². The molecule has 1 N–H and O–H groups in total. The third-order valence-electron chi connectivity index (χ3n) is 2.83. The maximum absolute atomic E-state index is 12.5. The smallest absolute Gasteiger partial charge is 0.416 e. The highest BCUT2D eigenvalue weighted by Crippen LogP contribution is 2.31. The monoisotopic (exact) mass is 328 g/mol. The summed E-state index contributed by atoms with van der Waals surface area (Å²) < 4.78 is 65.9. The van der Waals surface area contributed by atoms with E-state index in [2.05, 4.69) is 10.1 Å². The highest BCUT2D eigenvalue weighted by Gasteiger charge is 2.29. The lowest BCUT2D eigenvalue weighted by Gasteiger charge is -2.12.